The van der Waals surface area contributed by atoms with E-state index in [2.05, 4.69) is 15.9 Å². The van der Waals surface area contributed by atoms with Gasteiger partial charge < -0.3 is 9.47 Å². The van der Waals surface area contributed by atoms with Crippen molar-refractivity contribution < 1.29 is 14.3 Å². The number of carbonyl (C=O) groups is 1. The van der Waals surface area contributed by atoms with Crippen molar-refractivity contribution in [2.45, 2.75) is 6.92 Å². The second-order valence-corrected chi connectivity index (χ2v) is 4.67. The van der Waals surface area contributed by atoms with E-state index in [9.17, 15) is 4.79 Å². The van der Waals surface area contributed by atoms with E-state index < -0.39 is 0 Å². The average molecular weight is 321 g/mol. The lowest BCUT2D eigenvalue weighted by Crippen LogP contribution is -1.92. The zero-order valence-electron chi connectivity index (χ0n) is 10.4. The Labute approximate surface area is 120 Å². The SMILES string of the molecule is CCOc1cccc(Oc2ccc(C=O)c(Br)c2)c1. The fourth-order valence-electron chi connectivity index (χ4n) is 1.60. The van der Waals surface area contributed by atoms with Gasteiger partial charge in [0.05, 0.1) is 6.61 Å². The van der Waals surface area contributed by atoms with Crippen molar-refractivity contribution in [2.24, 2.45) is 0 Å². The van der Waals surface area contributed by atoms with Crippen LogP contribution in [0.25, 0.3) is 0 Å². The molecule has 0 bridgehead atoms. The lowest BCUT2D eigenvalue weighted by Gasteiger charge is -2.09. The van der Waals surface area contributed by atoms with Gasteiger partial charge in [0.2, 0.25) is 0 Å². The third-order valence-corrected chi connectivity index (χ3v) is 3.14. The first-order valence-corrected chi connectivity index (χ1v) is 6.67. The lowest BCUT2D eigenvalue weighted by molar-refractivity contribution is 0.112. The third kappa shape index (κ3) is 3.58. The lowest BCUT2D eigenvalue weighted by atomic mass is 10.2. The van der Waals surface area contributed by atoms with Gasteiger partial charge in [-0.1, -0.05) is 6.07 Å². The summed E-state index contributed by atoms with van der Waals surface area (Å²) in [5.41, 5.74) is 0.593. The first-order valence-electron chi connectivity index (χ1n) is 5.88. The van der Waals surface area contributed by atoms with Crippen LogP contribution in [0.4, 0.5) is 0 Å². The molecule has 2 rings (SSSR count). The van der Waals surface area contributed by atoms with Crippen LogP contribution in [-0.4, -0.2) is 12.9 Å². The molecule has 0 saturated heterocycles. The van der Waals surface area contributed by atoms with Crippen molar-refractivity contribution in [3.63, 3.8) is 0 Å². The highest BCUT2D eigenvalue weighted by molar-refractivity contribution is 9.10. The molecule has 3 nitrogen and oxygen atoms in total. The maximum Gasteiger partial charge on any atom is 0.151 e. The molecular formula is C15H13BrO3. The number of carbonyl (C=O) groups excluding carboxylic acids is 1. The predicted molar refractivity (Wildman–Crippen MR) is 77.2 cm³/mol. The molecule has 0 aliphatic heterocycles. The molecule has 4 heteroatoms. The molecule has 0 fully saturated rings. The molecule has 19 heavy (non-hydrogen) atoms. The summed E-state index contributed by atoms with van der Waals surface area (Å²) in [4.78, 5) is 10.7. The van der Waals surface area contributed by atoms with Gasteiger partial charge in [-0.15, -0.1) is 0 Å². The molecule has 98 valence electrons. The smallest absolute Gasteiger partial charge is 0.151 e. The van der Waals surface area contributed by atoms with E-state index in [1.54, 1.807) is 18.2 Å². The number of rotatable bonds is 5. The summed E-state index contributed by atoms with van der Waals surface area (Å²) in [7, 11) is 0. The van der Waals surface area contributed by atoms with Crippen LogP contribution in [0.3, 0.4) is 0 Å². The molecule has 0 N–H and O–H groups in total. The molecule has 2 aromatic rings. The van der Waals surface area contributed by atoms with Crippen molar-refractivity contribution >= 4 is 22.2 Å². The minimum atomic E-state index is 0.593. The summed E-state index contributed by atoms with van der Waals surface area (Å²) in [5.74, 6) is 2.12. The number of aldehydes is 1. The first kappa shape index (κ1) is 13.6. The number of halogens is 1. The molecule has 0 atom stereocenters. The van der Waals surface area contributed by atoms with Gasteiger partial charge in [-0.2, -0.15) is 0 Å². The fourth-order valence-corrected chi connectivity index (χ4v) is 2.05. The summed E-state index contributed by atoms with van der Waals surface area (Å²) in [5, 5.41) is 0. The van der Waals surface area contributed by atoms with E-state index in [4.69, 9.17) is 9.47 Å². The molecule has 0 spiro atoms. The molecule has 0 unspecified atom stereocenters. The summed E-state index contributed by atoms with van der Waals surface area (Å²) >= 11 is 3.32. The van der Waals surface area contributed by atoms with Crippen LogP contribution >= 0.6 is 15.9 Å². The van der Waals surface area contributed by atoms with Gasteiger partial charge >= 0.3 is 0 Å². The Morgan fingerprint density at radius 2 is 1.84 bits per heavy atom. The van der Waals surface area contributed by atoms with Gasteiger partial charge in [-0.25, -0.2) is 0 Å². The molecule has 2 aromatic carbocycles. The number of hydrogen-bond acceptors (Lipinski definition) is 3. The quantitative estimate of drug-likeness (QED) is 0.763. The zero-order chi connectivity index (χ0) is 13.7. The van der Waals surface area contributed by atoms with Gasteiger partial charge in [0.15, 0.2) is 6.29 Å². The van der Waals surface area contributed by atoms with Crippen molar-refractivity contribution in [3.05, 3.63) is 52.5 Å². The van der Waals surface area contributed by atoms with Crippen LogP contribution in [0.15, 0.2) is 46.9 Å². The van der Waals surface area contributed by atoms with Gasteiger partial charge in [0, 0.05) is 16.1 Å². The molecule has 0 amide bonds. The Kier molecular flexibility index (Phi) is 4.58. The summed E-state index contributed by atoms with van der Waals surface area (Å²) in [6.45, 7) is 2.55. The standard InChI is InChI=1S/C15H13BrO3/c1-2-18-12-4-3-5-13(8-12)19-14-7-6-11(10-17)15(16)9-14/h3-10H,2H2,1H3. The molecule has 0 heterocycles. The summed E-state index contributed by atoms with van der Waals surface area (Å²) < 4.78 is 11.8. The van der Waals surface area contributed by atoms with Gasteiger partial charge in [-0.05, 0) is 53.2 Å². The topological polar surface area (TPSA) is 35.5 Å². The molecular weight excluding hydrogens is 308 g/mol. The Bertz CT molecular complexity index is 581. The van der Waals surface area contributed by atoms with E-state index in [-0.39, 0.29) is 0 Å². The highest BCUT2D eigenvalue weighted by Gasteiger charge is 2.03. The van der Waals surface area contributed by atoms with Crippen LogP contribution in [0, 0.1) is 0 Å². The van der Waals surface area contributed by atoms with Crippen LogP contribution in [0.1, 0.15) is 17.3 Å². The van der Waals surface area contributed by atoms with Gasteiger partial charge in [0.25, 0.3) is 0 Å². The Morgan fingerprint density at radius 1 is 1.11 bits per heavy atom. The normalized spacial score (nSPS) is 10.0. The summed E-state index contributed by atoms with van der Waals surface area (Å²) in [6, 6.07) is 12.6. The average Bonchev–Trinajstić information content (AvgIpc) is 2.40. The number of benzene rings is 2. The summed E-state index contributed by atoms with van der Waals surface area (Å²) in [6.07, 6.45) is 0.795. The van der Waals surface area contributed by atoms with E-state index in [1.165, 1.54) is 0 Å². The van der Waals surface area contributed by atoms with E-state index in [0.29, 0.717) is 28.1 Å². The molecule has 0 aromatic heterocycles. The maximum atomic E-state index is 10.7. The monoisotopic (exact) mass is 320 g/mol. The van der Waals surface area contributed by atoms with E-state index in [1.807, 2.05) is 31.2 Å². The Balaban J connectivity index is 2.18. The van der Waals surface area contributed by atoms with Gasteiger partial charge in [0.1, 0.15) is 17.2 Å². The minimum absolute atomic E-state index is 0.593. The molecule has 0 aliphatic carbocycles. The van der Waals surface area contributed by atoms with Crippen LogP contribution in [0.5, 0.6) is 17.2 Å². The van der Waals surface area contributed by atoms with Crippen LogP contribution in [-0.2, 0) is 0 Å². The predicted octanol–water partition coefficient (Wildman–Crippen LogP) is 4.45. The zero-order valence-corrected chi connectivity index (χ0v) is 12.0. The molecule has 0 saturated carbocycles. The molecule has 0 aliphatic rings. The van der Waals surface area contributed by atoms with Crippen molar-refractivity contribution in [3.8, 4) is 17.2 Å². The third-order valence-electron chi connectivity index (χ3n) is 2.45. The van der Waals surface area contributed by atoms with Crippen molar-refractivity contribution in [2.75, 3.05) is 6.61 Å². The van der Waals surface area contributed by atoms with Crippen molar-refractivity contribution in [1.82, 2.24) is 0 Å². The Hall–Kier alpha value is -1.81. The van der Waals surface area contributed by atoms with Crippen LogP contribution < -0.4 is 9.47 Å². The highest BCUT2D eigenvalue weighted by atomic mass is 79.9. The minimum Gasteiger partial charge on any atom is -0.494 e. The fraction of sp³-hybridized carbons (Fsp3) is 0.133. The second kappa shape index (κ2) is 6.38. The van der Waals surface area contributed by atoms with Crippen molar-refractivity contribution in [1.29, 1.82) is 0 Å². The largest absolute Gasteiger partial charge is 0.494 e. The first-order chi connectivity index (χ1) is 9.22. The molecule has 0 radical (unpaired) electrons. The highest BCUT2D eigenvalue weighted by Crippen LogP contribution is 2.28. The number of ether oxygens (including phenoxy) is 2. The van der Waals surface area contributed by atoms with Crippen LogP contribution in [0.2, 0.25) is 0 Å². The van der Waals surface area contributed by atoms with Gasteiger partial charge in [-0.3, -0.25) is 4.79 Å². The van der Waals surface area contributed by atoms with E-state index >= 15 is 0 Å². The maximum absolute atomic E-state index is 10.7. The van der Waals surface area contributed by atoms with E-state index in [0.717, 1.165) is 12.0 Å². The second-order valence-electron chi connectivity index (χ2n) is 3.81. The Morgan fingerprint density at radius 3 is 2.53 bits per heavy atom. The number of hydrogen-bond donors (Lipinski definition) is 0.